The van der Waals surface area contributed by atoms with Crippen molar-refractivity contribution < 1.29 is 14.7 Å². The Kier molecular flexibility index (Phi) is 4.54. The van der Waals surface area contributed by atoms with Gasteiger partial charge in [-0.15, -0.1) is 0 Å². The van der Waals surface area contributed by atoms with E-state index in [0.717, 1.165) is 6.42 Å². The second kappa shape index (κ2) is 5.69. The molecule has 1 amide bonds. The number of amides is 1. The lowest BCUT2D eigenvalue weighted by molar-refractivity contribution is -0.131. The SMILES string of the molecule is CC(CNC(=O)C1OCCC1C)C(N)=NO. The first-order valence-electron chi connectivity index (χ1n) is 5.43. The van der Waals surface area contributed by atoms with Crippen LogP contribution < -0.4 is 11.1 Å². The second-order valence-corrected chi connectivity index (χ2v) is 4.23. The summed E-state index contributed by atoms with van der Waals surface area (Å²) < 4.78 is 5.32. The van der Waals surface area contributed by atoms with E-state index in [1.165, 1.54) is 0 Å². The molecule has 4 N–H and O–H groups in total. The van der Waals surface area contributed by atoms with Crippen molar-refractivity contribution >= 4 is 11.7 Å². The lowest BCUT2D eigenvalue weighted by atomic mass is 10.0. The van der Waals surface area contributed by atoms with Crippen molar-refractivity contribution in [2.45, 2.75) is 26.4 Å². The number of amidine groups is 1. The number of rotatable bonds is 4. The number of nitrogens with zero attached hydrogens (tertiary/aromatic N) is 1. The van der Waals surface area contributed by atoms with Gasteiger partial charge in [0.1, 0.15) is 11.9 Å². The maximum Gasteiger partial charge on any atom is 0.249 e. The minimum atomic E-state index is -0.362. The van der Waals surface area contributed by atoms with Crippen molar-refractivity contribution in [2.24, 2.45) is 22.7 Å². The first-order valence-corrected chi connectivity index (χ1v) is 5.43. The van der Waals surface area contributed by atoms with Crippen molar-refractivity contribution in [1.82, 2.24) is 5.32 Å². The van der Waals surface area contributed by atoms with E-state index in [2.05, 4.69) is 10.5 Å². The quantitative estimate of drug-likeness (QED) is 0.271. The number of oxime groups is 1. The van der Waals surface area contributed by atoms with Crippen LogP contribution in [0.5, 0.6) is 0 Å². The molecule has 3 atom stereocenters. The van der Waals surface area contributed by atoms with E-state index in [0.29, 0.717) is 13.2 Å². The molecular formula is C10H19N3O3. The monoisotopic (exact) mass is 229 g/mol. The van der Waals surface area contributed by atoms with Gasteiger partial charge in [-0.1, -0.05) is 19.0 Å². The van der Waals surface area contributed by atoms with Crippen LogP contribution in [0.25, 0.3) is 0 Å². The first-order chi connectivity index (χ1) is 7.56. The Morgan fingerprint density at radius 1 is 1.75 bits per heavy atom. The molecule has 1 heterocycles. The highest BCUT2D eigenvalue weighted by atomic mass is 16.5. The Labute approximate surface area is 94.8 Å². The van der Waals surface area contributed by atoms with Crippen molar-refractivity contribution in [3.05, 3.63) is 0 Å². The number of carbonyl (C=O) groups excluding carboxylic acids is 1. The molecule has 92 valence electrons. The van der Waals surface area contributed by atoms with Gasteiger partial charge in [-0.3, -0.25) is 4.79 Å². The third-order valence-electron chi connectivity index (χ3n) is 2.85. The molecule has 0 aromatic carbocycles. The summed E-state index contributed by atoms with van der Waals surface area (Å²) in [7, 11) is 0. The molecule has 0 radical (unpaired) electrons. The predicted octanol–water partition coefficient (Wildman–Crippen LogP) is -0.0899. The summed E-state index contributed by atoms with van der Waals surface area (Å²) in [6.45, 7) is 4.74. The second-order valence-electron chi connectivity index (χ2n) is 4.23. The zero-order chi connectivity index (χ0) is 12.1. The van der Waals surface area contributed by atoms with Gasteiger partial charge < -0.3 is 21.0 Å². The number of carbonyl (C=O) groups is 1. The molecule has 0 aromatic heterocycles. The van der Waals surface area contributed by atoms with Gasteiger partial charge in [-0.2, -0.15) is 0 Å². The minimum absolute atomic E-state index is 0.112. The molecule has 1 saturated heterocycles. The van der Waals surface area contributed by atoms with Gasteiger partial charge in [-0.25, -0.2) is 0 Å². The molecule has 0 aliphatic carbocycles. The Morgan fingerprint density at radius 3 is 2.94 bits per heavy atom. The zero-order valence-electron chi connectivity index (χ0n) is 9.64. The van der Waals surface area contributed by atoms with Crippen LogP contribution in [-0.4, -0.2) is 36.2 Å². The maximum atomic E-state index is 11.7. The predicted molar refractivity (Wildman–Crippen MR) is 59.1 cm³/mol. The molecule has 0 spiro atoms. The van der Waals surface area contributed by atoms with Crippen LogP contribution in [0.3, 0.4) is 0 Å². The molecule has 0 saturated carbocycles. The molecule has 1 rings (SSSR count). The summed E-state index contributed by atoms with van der Waals surface area (Å²) in [4.78, 5) is 11.7. The standard InChI is InChI=1S/C10H19N3O3/c1-6-3-4-16-8(6)10(14)12-5-7(2)9(11)13-15/h6-8,15H,3-5H2,1-2H3,(H2,11,13)(H,12,14). The zero-order valence-corrected chi connectivity index (χ0v) is 9.64. The van der Waals surface area contributed by atoms with Crippen molar-refractivity contribution in [3.8, 4) is 0 Å². The lowest BCUT2D eigenvalue weighted by Gasteiger charge is -2.16. The molecule has 0 bridgehead atoms. The average molecular weight is 229 g/mol. The highest BCUT2D eigenvalue weighted by Crippen LogP contribution is 2.19. The Balaban J connectivity index is 2.35. The van der Waals surface area contributed by atoms with E-state index < -0.39 is 0 Å². The molecule has 0 aromatic rings. The van der Waals surface area contributed by atoms with E-state index in [4.69, 9.17) is 15.7 Å². The van der Waals surface area contributed by atoms with Crippen LogP contribution >= 0.6 is 0 Å². The fourth-order valence-corrected chi connectivity index (χ4v) is 1.59. The van der Waals surface area contributed by atoms with Crippen LogP contribution in [0.2, 0.25) is 0 Å². The van der Waals surface area contributed by atoms with E-state index in [-0.39, 0.29) is 29.7 Å². The van der Waals surface area contributed by atoms with Crippen LogP contribution in [0.15, 0.2) is 5.16 Å². The topological polar surface area (TPSA) is 96.9 Å². The highest BCUT2D eigenvalue weighted by molar-refractivity contribution is 5.84. The lowest BCUT2D eigenvalue weighted by Crippen LogP contribution is -2.41. The average Bonchev–Trinajstić information content (AvgIpc) is 2.70. The van der Waals surface area contributed by atoms with Crippen LogP contribution in [0.4, 0.5) is 0 Å². The minimum Gasteiger partial charge on any atom is -0.409 e. The van der Waals surface area contributed by atoms with Crippen molar-refractivity contribution in [2.75, 3.05) is 13.2 Å². The fourth-order valence-electron chi connectivity index (χ4n) is 1.59. The third kappa shape index (κ3) is 3.10. The van der Waals surface area contributed by atoms with Crippen LogP contribution in [0, 0.1) is 11.8 Å². The number of hydrogen-bond acceptors (Lipinski definition) is 4. The van der Waals surface area contributed by atoms with E-state index in [9.17, 15) is 4.79 Å². The molecule has 6 nitrogen and oxygen atoms in total. The largest absolute Gasteiger partial charge is 0.409 e. The molecule has 1 fully saturated rings. The molecule has 1 aliphatic rings. The van der Waals surface area contributed by atoms with Gasteiger partial charge in [0.05, 0.1) is 0 Å². The highest BCUT2D eigenvalue weighted by Gasteiger charge is 2.30. The van der Waals surface area contributed by atoms with E-state index in [1.807, 2.05) is 6.92 Å². The van der Waals surface area contributed by atoms with E-state index >= 15 is 0 Å². The van der Waals surface area contributed by atoms with E-state index in [1.54, 1.807) is 6.92 Å². The van der Waals surface area contributed by atoms with Gasteiger partial charge >= 0.3 is 0 Å². The summed E-state index contributed by atoms with van der Waals surface area (Å²) in [5.41, 5.74) is 5.40. The normalized spacial score (nSPS) is 27.8. The van der Waals surface area contributed by atoms with Crippen molar-refractivity contribution in [3.63, 3.8) is 0 Å². The molecule has 3 unspecified atom stereocenters. The third-order valence-corrected chi connectivity index (χ3v) is 2.85. The van der Waals surface area contributed by atoms with Gasteiger partial charge in [-0.05, 0) is 12.3 Å². The maximum absolute atomic E-state index is 11.7. The Hall–Kier alpha value is -1.30. The molecular weight excluding hydrogens is 210 g/mol. The Bertz CT molecular complexity index is 280. The van der Waals surface area contributed by atoms with Crippen molar-refractivity contribution in [1.29, 1.82) is 0 Å². The van der Waals surface area contributed by atoms with Gasteiger partial charge in [0.15, 0.2) is 0 Å². The molecule has 6 heteroatoms. The van der Waals surface area contributed by atoms with Gasteiger partial charge in [0, 0.05) is 19.1 Å². The summed E-state index contributed by atoms with van der Waals surface area (Å²) in [6, 6.07) is 0. The summed E-state index contributed by atoms with van der Waals surface area (Å²) in [5, 5.41) is 14.1. The summed E-state index contributed by atoms with van der Waals surface area (Å²) >= 11 is 0. The summed E-state index contributed by atoms with van der Waals surface area (Å²) in [5.74, 6) is 0.0492. The number of nitrogens with one attached hydrogen (secondary N) is 1. The molecule has 1 aliphatic heterocycles. The Morgan fingerprint density at radius 2 is 2.44 bits per heavy atom. The number of ether oxygens (including phenoxy) is 1. The first kappa shape index (κ1) is 12.8. The van der Waals surface area contributed by atoms with Crippen LogP contribution in [0.1, 0.15) is 20.3 Å². The summed E-state index contributed by atoms with van der Waals surface area (Å²) in [6.07, 6.45) is 0.549. The molecule has 16 heavy (non-hydrogen) atoms. The van der Waals surface area contributed by atoms with Crippen LogP contribution in [-0.2, 0) is 9.53 Å². The number of hydrogen-bond donors (Lipinski definition) is 3. The fraction of sp³-hybridized carbons (Fsp3) is 0.800. The van der Waals surface area contributed by atoms with Gasteiger partial charge in [0.2, 0.25) is 5.91 Å². The smallest absolute Gasteiger partial charge is 0.249 e. The van der Waals surface area contributed by atoms with Gasteiger partial charge in [0.25, 0.3) is 0 Å². The number of nitrogens with two attached hydrogens (primary N) is 1.